The molecule has 0 N–H and O–H groups in total. The maximum atomic E-state index is 12.8. The number of hydrogen-bond acceptors (Lipinski definition) is 3. The third kappa shape index (κ3) is 4.69. The average Bonchev–Trinajstić information content (AvgIpc) is 2.83. The lowest BCUT2D eigenvalue weighted by Crippen LogP contribution is -2.50. The number of piperazine rings is 1. The van der Waals surface area contributed by atoms with Crippen molar-refractivity contribution in [1.29, 1.82) is 0 Å². The van der Waals surface area contributed by atoms with Crippen LogP contribution in [0.2, 0.25) is 0 Å². The number of benzene rings is 3. The molecule has 0 spiro atoms. The maximum Gasteiger partial charge on any atom is 0.410 e. The Balaban J connectivity index is 1.29. The molecule has 0 unspecified atom stereocenters. The largest absolute Gasteiger partial charge is 0.445 e. The van der Waals surface area contributed by atoms with Gasteiger partial charge in [-0.15, -0.1) is 0 Å². The molecular weight excluding hydrogens is 376 g/mol. The van der Waals surface area contributed by atoms with E-state index in [0.29, 0.717) is 31.7 Å². The zero-order valence-corrected chi connectivity index (χ0v) is 16.7. The zero-order chi connectivity index (χ0) is 20.8. The van der Waals surface area contributed by atoms with E-state index in [1.54, 1.807) is 9.80 Å². The minimum Gasteiger partial charge on any atom is -0.445 e. The predicted octanol–water partition coefficient (Wildman–Crippen LogP) is 4.45. The highest BCUT2D eigenvalue weighted by Gasteiger charge is 2.25. The van der Waals surface area contributed by atoms with E-state index in [1.807, 2.05) is 84.9 Å². The molecule has 2 amide bonds. The standard InChI is InChI=1S/C25H24N2O3/c28-24(23-13-11-22(12-14-23)21-9-5-2-6-10-21)26-15-17-27(18-16-26)25(29)30-19-20-7-3-1-4-8-20/h1-14H,15-19H2. The summed E-state index contributed by atoms with van der Waals surface area (Å²) in [6.07, 6.45) is -0.335. The second-order valence-corrected chi connectivity index (χ2v) is 7.26. The van der Waals surface area contributed by atoms with Crippen LogP contribution in [-0.4, -0.2) is 48.0 Å². The van der Waals surface area contributed by atoms with E-state index in [4.69, 9.17) is 4.74 Å². The highest BCUT2D eigenvalue weighted by atomic mass is 16.6. The van der Waals surface area contributed by atoms with E-state index < -0.39 is 0 Å². The third-order valence-corrected chi connectivity index (χ3v) is 5.27. The molecule has 1 aliphatic rings. The van der Waals surface area contributed by atoms with Crippen molar-refractivity contribution in [3.8, 4) is 11.1 Å². The van der Waals surface area contributed by atoms with Crippen molar-refractivity contribution in [2.45, 2.75) is 6.61 Å². The van der Waals surface area contributed by atoms with Gasteiger partial charge in [-0.05, 0) is 28.8 Å². The summed E-state index contributed by atoms with van der Waals surface area (Å²) in [5, 5.41) is 0. The topological polar surface area (TPSA) is 49.9 Å². The van der Waals surface area contributed by atoms with Gasteiger partial charge in [-0.25, -0.2) is 4.79 Å². The molecule has 0 bridgehead atoms. The normalized spacial score (nSPS) is 13.7. The van der Waals surface area contributed by atoms with Gasteiger partial charge in [0.15, 0.2) is 0 Å². The molecule has 1 aliphatic heterocycles. The Morgan fingerprint density at radius 1 is 0.667 bits per heavy atom. The first-order valence-corrected chi connectivity index (χ1v) is 10.1. The number of carbonyl (C=O) groups is 2. The number of carbonyl (C=O) groups excluding carboxylic acids is 2. The summed E-state index contributed by atoms with van der Waals surface area (Å²) in [7, 11) is 0. The Bertz CT molecular complexity index is 980. The van der Waals surface area contributed by atoms with Crippen molar-refractivity contribution in [2.24, 2.45) is 0 Å². The Hall–Kier alpha value is -3.60. The lowest BCUT2D eigenvalue weighted by Gasteiger charge is -2.34. The van der Waals surface area contributed by atoms with Crippen LogP contribution in [0.25, 0.3) is 11.1 Å². The fourth-order valence-corrected chi connectivity index (χ4v) is 3.52. The fraction of sp³-hybridized carbons (Fsp3) is 0.200. The van der Waals surface area contributed by atoms with Gasteiger partial charge in [0, 0.05) is 31.7 Å². The van der Waals surface area contributed by atoms with Crippen molar-refractivity contribution in [3.63, 3.8) is 0 Å². The number of hydrogen-bond donors (Lipinski definition) is 0. The first-order valence-electron chi connectivity index (χ1n) is 10.1. The summed E-state index contributed by atoms with van der Waals surface area (Å²) in [5.74, 6) is -0.00749. The fourth-order valence-electron chi connectivity index (χ4n) is 3.52. The first-order chi connectivity index (χ1) is 14.7. The van der Waals surface area contributed by atoms with Crippen LogP contribution in [-0.2, 0) is 11.3 Å². The van der Waals surface area contributed by atoms with Crippen molar-refractivity contribution in [3.05, 3.63) is 96.1 Å². The molecule has 5 heteroatoms. The van der Waals surface area contributed by atoms with Crippen LogP contribution in [0.3, 0.4) is 0 Å². The quantitative estimate of drug-likeness (QED) is 0.650. The number of rotatable bonds is 4. The van der Waals surface area contributed by atoms with Crippen LogP contribution < -0.4 is 0 Å². The minimum absolute atomic E-state index is 0.00749. The maximum absolute atomic E-state index is 12.8. The molecule has 3 aromatic rings. The zero-order valence-electron chi connectivity index (χ0n) is 16.7. The molecular formula is C25H24N2O3. The van der Waals surface area contributed by atoms with E-state index in [0.717, 1.165) is 16.7 Å². The monoisotopic (exact) mass is 400 g/mol. The number of nitrogens with zero attached hydrogens (tertiary/aromatic N) is 2. The van der Waals surface area contributed by atoms with E-state index in [9.17, 15) is 9.59 Å². The lowest BCUT2D eigenvalue weighted by atomic mass is 10.0. The SMILES string of the molecule is O=C(OCc1ccccc1)N1CCN(C(=O)c2ccc(-c3ccccc3)cc2)CC1. The van der Waals surface area contributed by atoms with Gasteiger partial charge in [-0.3, -0.25) is 4.79 Å². The summed E-state index contributed by atoms with van der Waals surface area (Å²) in [4.78, 5) is 28.6. The molecule has 1 fully saturated rings. The van der Waals surface area contributed by atoms with E-state index in [1.165, 1.54) is 0 Å². The van der Waals surface area contributed by atoms with Crippen molar-refractivity contribution in [1.82, 2.24) is 9.80 Å². The molecule has 3 aromatic carbocycles. The van der Waals surface area contributed by atoms with E-state index >= 15 is 0 Å². The molecule has 152 valence electrons. The number of ether oxygens (including phenoxy) is 1. The van der Waals surface area contributed by atoms with Crippen LogP contribution in [0.1, 0.15) is 15.9 Å². The van der Waals surface area contributed by atoms with E-state index in [-0.39, 0.29) is 18.6 Å². The van der Waals surface area contributed by atoms with Crippen LogP contribution in [0.4, 0.5) is 4.79 Å². The summed E-state index contributed by atoms with van der Waals surface area (Å²) in [6, 6.07) is 27.4. The average molecular weight is 400 g/mol. The van der Waals surface area contributed by atoms with Crippen LogP contribution >= 0.6 is 0 Å². The molecule has 4 rings (SSSR count). The van der Waals surface area contributed by atoms with Gasteiger partial charge in [-0.2, -0.15) is 0 Å². The molecule has 5 nitrogen and oxygen atoms in total. The van der Waals surface area contributed by atoms with Gasteiger partial charge in [0.25, 0.3) is 5.91 Å². The third-order valence-electron chi connectivity index (χ3n) is 5.27. The summed E-state index contributed by atoms with van der Waals surface area (Å²) >= 11 is 0. The van der Waals surface area contributed by atoms with Gasteiger partial charge in [-0.1, -0.05) is 72.8 Å². The molecule has 0 atom stereocenters. The predicted molar refractivity (Wildman–Crippen MR) is 116 cm³/mol. The summed E-state index contributed by atoms with van der Waals surface area (Å²) in [6.45, 7) is 2.20. The molecule has 1 saturated heterocycles. The molecule has 0 aromatic heterocycles. The second kappa shape index (κ2) is 9.27. The first kappa shape index (κ1) is 19.7. The van der Waals surface area contributed by atoms with Gasteiger partial charge in [0.2, 0.25) is 0 Å². The minimum atomic E-state index is -0.335. The smallest absolute Gasteiger partial charge is 0.410 e. The van der Waals surface area contributed by atoms with Crippen molar-refractivity contribution >= 4 is 12.0 Å². The molecule has 0 aliphatic carbocycles. The Kier molecular flexibility index (Phi) is 6.09. The molecule has 0 saturated carbocycles. The van der Waals surface area contributed by atoms with Gasteiger partial charge < -0.3 is 14.5 Å². The molecule has 1 heterocycles. The number of amides is 2. The van der Waals surface area contributed by atoms with Crippen molar-refractivity contribution < 1.29 is 14.3 Å². The van der Waals surface area contributed by atoms with Crippen LogP contribution in [0.5, 0.6) is 0 Å². The van der Waals surface area contributed by atoms with E-state index in [2.05, 4.69) is 0 Å². The molecule has 0 radical (unpaired) electrons. The van der Waals surface area contributed by atoms with Crippen molar-refractivity contribution in [2.75, 3.05) is 26.2 Å². The highest BCUT2D eigenvalue weighted by Crippen LogP contribution is 2.20. The summed E-state index contributed by atoms with van der Waals surface area (Å²) in [5.41, 5.74) is 3.82. The Morgan fingerprint density at radius 3 is 1.83 bits per heavy atom. The van der Waals surface area contributed by atoms with Gasteiger partial charge >= 0.3 is 6.09 Å². The van der Waals surface area contributed by atoms with Gasteiger partial charge in [0.1, 0.15) is 6.61 Å². The Labute approximate surface area is 176 Å². The second-order valence-electron chi connectivity index (χ2n) is 7.26. The van der Waals surface area contributed by atoms with Gasteiger partial charge in [0.05, 0.1) is 0 Å². The molecule has 30 heavy (non-hydrogen) atoms. The Morgan fingerprint density at radius 2 is 1.20 bits per heavy atom. The highest BCUT2D eigenvalue weighted by molar-refractivity contribution is 5.95. The van der Waals surface area contributed by atoms with Crippen LogP contribution in [0, 0.1) is 0 Å². The lowest BCUT2D eigenvalue weighted by molar-refractivity contribution is 0.0544. The summed E-state index contributed by atoms with van der Waals surface area (Å²) < 4.78 is 5.39. The van der Waals surface area contributed by atoms with Crippen LogP contribution in [0.15, 0.2) is 84.9 Å².